The van der Waals surface area contributed by atoms with Gasteiger partial charge in [0.25, 0.3) is 41.4 Å². The Balaban J connectivity index is 0.000000130. The number of hydrogen-bond donors (Lipinski definition) is 7. The number of rotatable bonds is 28. The Morgan fingerprint density at radius 3 is 1.31 bits per heavy atom. The Kier molecular flexibility index (Phi) is 30.8. The lowest BCUT2D eigenvalue weighted by Gasteiger charge is -2.30. The first kappa shape index (κ1) is 93.0. The zero-order valence-corrected chi connectivity index (χ0v) is 76.4. The highest BCUT2D eigenvalue weighted by atomic mass is 35.5. The molecule has 6 aliphatic heterocycles. The number of halogens is 3. The third kappa shape index (κ3) is 24.4. The Morgan fingerprint density at radius 2 is 0.888 bits per heavy atom. The molecule has 19 rings (SSSR count). The van der Waals surface area contributed by atoms with Gasteiger partial charge >= 0.3 is 0 Å². The van der Waals surface area contributed by atoms with Crippen molar-refractivity contribution < 1.29 is 60.7 Å². The summed E-state index contributed by atoms with van der Waals surface area (Å²) in [6.45, 7) is 14.3. The number of pyridine rings is 1. The number of fused-ring (bicyclic) bond motifs is 4. The van der Waals surface area contributed by atoms with E-state index in [1.165, 1.54) is 12.8 Å². The van der Waals surface area contributed by atoms with Crippen molar-refractivity contribution in [2.75, 3.05) is 121 Å². The van der Waals surface area contributed by atoms with Crippen molar-refractivity contribution in [2.24, 2.45) is 5.92 Å². The van der Waals surface area contributed by atoms with Crippen LogP contribution in [0, 0.1) is 5.92 Å². The zero-order valence-electron chi connectivity index (χ0n) is 74.2. The lowest BCUT2D eigenvalue weighted by Crippen LogP contribution is -2.38. The topological polar surface area (TPSA) is 315 Å². The number of carbonyl (C=O) groups excluding carboxylic acids is 7. The number of furan rings is 4. The molecular weight excluding hydrogens is 1760 g/mol. The molecule has 29 heteroatoms. The van der Waals surface area contributed by atoms with Crippen LogP contribution in [-0.2, 0) is 30.5 Å². The van der Waals surface area contributed by atoms with Gasteiger partial charge in [-0.3, -0.25) is 38.5 Å². The highest BCUT2D eigenvalue weighted by Crippen LogP contribution is 2.41. The minimum Gasteiger partial charge on any atom is -0.478 e. The summed E-state index contributed by atoms with van der Waals surface area (Å²) in [6, 6.07) is 63.8. The number of aryl methyl sites for hydroxylation is 1. The smallest absolute Gasteiger partial charge is 0.256 e. The van der Waals surface area contributed by atoms with Crippen LogP contribution in [0.25, 0.3) is 91.9 Å². The molecule has 13 aromatic rings. The van der Waals surface area contributed by atoms with Gasteiger partial charge < -0.3 is 78.7 Å². The molecule has 7 N–H and O–H groups in total. The van der Waals surface area contributed by atoms with E-state index in [0.717, 1.165) is 164 Å². The quantitative estimate of drug-likeness (QED) is 0.0177. The average molecular weight is 1860 g/mol. The zero-order chi connectivity index (χ0) is 93.0. The van der Waals surface area contributed by atoms with Crippen LogP contribution >= 0.6 is 34.8 Å². The van der Waals surface area contributed by atoms with E-state index in [1.54, 1.807) is 134 Å². The number of amides is 7. The Labute approximate surface area is 790 Å². The number of carbonyl (C=O) groups is 7. The van der Waals surface area contributed by atoms with E-state index < -0.39 is 0 Å². The van der Waals surface area contributed by atoms with Crippen molar-refractivity contribution in [1.29, 1.82) is 0 Å². The first-order valence-corrected chi connectivity index (χ1v) is 45.7. The molecule has 2 saturated heterocycles. The van der Waals surface area contributed by atoms with Crippen LogP contribution in [0.5, 0.6) is 5.88 Å². The van der Waals surface area contributed by atoms with Crippen molar-refractivity contribution in [1.82, 2.24) is 45.2 Å². The van der Waals surface area contributed by atoms with E-state index in [4.69, 9.17) is 61.9 Å². The lowest BCUT2D eigenvalue weighted by molar-refractivity contribution is -0.111. The van der Waals surface area contributed by atoms with Crippen LogP contribution < -0.4 is 42.0 Å². The average Bonchev–Trinajstić information content (AvgIpc) is 1.66. The molecule has 134 heavy (non-hydrogen) atoms. The highest BCUT2D eigenvalue weighted by Gasteiger charge is 2.30. The number of imidazole rings is 1. The number of likely N-dealkylation sites (tertiary alicyclic amines) is 1. The van der Waals surface area contributed by atoms with E-state index in [1.807, 2.05) is 146 Å². The number of aromatic nitrogens is 3. The largest absolute Gasteiger partial charge is 0.478 e. The van der Waals surface area contributed by atoms with E-state index in [0.29, 0.717) is 132 Å². The van der Waals surface area contributed by atoms with Crippen LogP contribution in [0.4, 0.5) is 22.7 Å². The van der Waals surface area contributed by atoms with Gasteiger partial charge in [-0.15, -0.1) is 0 Å². The summed E-state index contributed by atoms with van der Waals surface area (Å²) in [4.78, 5) is 103. The first-order chi connectivity index (χ1) is 65.2. The second-order valence-electron chi connectivity index (χ2n) is 33.2. The summed E-state index contributed by atoms with van der Waals surface area (Å²) in [5.41, 5.74) is 13.1. The summed E-state index contributed by atoms with van der Waals surface area (Å²) in [5.74, 6) is 5.05. The number of para-hydroxylation sites is 1. The molecule has 0 aliphatic carbocycles. The molecule has 7 aromatic carbocycles. The second-order valence-corrected chi connectivity index (χ2v) is 34.5. The fraction of sp³-hybridized carbons (Fsp3) is 0.229. The van der Waals surface area contributed by atoms with E-state index >= 15 is 0 Å². The number of ether oxygens (including phenoxy) is 2. The maximum absolute atomic E-state index is 12.7. The first-order valence-electron chi connectivity index (χ1n) is 44.6. The number of morpholine rings is 1. The molecule has 6 aromatic heterocycles. The van der Waals surface area contributed by atoms with Crippen LogP contribution in [0.2, 0.25) is 15.1 Å². The lowest BCUT2D eigenvalue weighted by atomic mass is 10.0. The molecule has 0 saturated carbocycles. The fourth-order valence-electron chi connectivity index (χ4n) is 16.2. The van der Waals surface area contributed by atoms with Crippen LogP contribution in [0.3, 0.4) is 0 Å². The van der Waals surface area contributed by atoms with Gasteiger partial charge in [-0.25, -0.2) is 9.97 Å². The molecular formula is C105H100Cl3N13O13. The van der Waals surface area contributed by atoms with E-state index in [2.05, 4.69) is 68.8 Å². The van der Waals surface area contributed by atoms with Crippen molar-refractivity contribution >= 4 is 145 Å². The van der Waals surface area contributed by atoms with Gasteiger partial charge in [0.1, 0.15) is 46.1 Å². The molecule has 684 valence electrons. The van der Waals surface area contributed by atoms with Crippen LogP contribution in [0.1, 0.15) is 122 Å². The summed E-state index contributed by atoms with van der Waals surface area (Å²) in [6.07, 6.45) is 20.1. The van der Waals surface area contributed by atoms with Gasteiger partial charge in [0.05, 0.1) is 48.4 Å². The van der Waals surface area contributed by atoms with Crippen molar-refractivity contribution in [3.8, 4) is 51.2 Å². The predicted molar refractivity (Wildman–Crippen MR) is 525 cm³/mol. The summed E-state index contributed by atoms with van der Waals surface area (Å²) >= 11 is 18.3. The molecule has 0 bridgehead atoms. The fourth-order valence-corrected chi connectivity index (χ4v) is 16.7. The van der Waals surface area contributed by atoms with E-state index in [9.17, 15) is 33.6 Å². The highest BCUT2D eigenvalue weighted by molar-refractivity contribution is 6.39. The molecule has 1 atom stereocenters. The van der Waals surface area contributed by atoms with Crippen LogP contribution in [0.15, 0.2) is 255 Å². The monoisotopic (exact) mass is 1860 g/mol. The summed E-state index contributed by atoms with van der Waals surface area (Å²) in [5, 5.41) is 22.0. The summed E-state index contributed by atoms with van der Waals surface area (Å²) in [7, 11) is 4.08. The van der Waals surface area contributed by atoms with Gasteiger partial charge in [0.2, 0.25) is 5.88 Å². The van der Waals surface area contributed by atoms with Crippen molar-refractivity contribution in [3.05, 3.63) is 314 Å². The number of nitrogens with one attached hydrogen (secondary N) is 7. The standard InChI is InChI=1S/C29H30ClN3O3.C27H26ClN3O4.C26H21ClN4O3.C23H23N3O3/c1-19-5-3-13-33(18-19)14-4-12-31-28(34)21-7-2-6-20(15-21)27-11-9-23(36-27)17-25-24-16-22(30)8-10-26(24)32-29(25)35;28-20-5-7-24-22(16-20)23(27(33)30-24)17-21-6-8-25(35-21)18-3-1-4-19(15-18)26(32)29-9-2-10-31-11-13-34-14-12-31;27-19-5-7-23-21(14-19)22(26(33)30-23)15-20-6-8-24(34-20)17-3-1-4-18(13-17)25(32)29-9-2-11-31-12-10-28-16-31;1-26(2)12-5-13-28-22-11-8-16(15-24-22)21-10-9-17(29-21)14-19-18-6-3-4-7-20(18)25-23(19)27/h2,6-11,15-17,19H,3-5,12-14,18H2,1H3,(H,31,34)(H,32,35);1,3-8,15-17H,2,9-14H2,(H,29,32)(H,30,33);1,3-8,10,12-16H,2,9,11H2,(H,29,32)(H,30,33);3-4,6-11,14-15H,5,12-13H2,1-2H3,(H,25,27)/b25-17+;23-17+;22-15+;19-14+. The van der Waals surface area contributed by atoms with Gasteiger partial charge in [0.15, 0.2) is 0 Å². The molecule has 0 spiro atoms. The van der Waals surface area contributed by atoms with Crippen molar-refractivity contribution in [3.63, 3.8) is 0 Å². The Hall–Kier alpha value is -14.2. The number of hydrogen-bond acceptors (Lipinski definition) is 18. The van der Waals surface area contributed by atoms with Crippen molar-refractivity contribution in [2.45, 2.75) is 52.0 Å². The molecule has 0 radical (unpaired) electrons. The molecule has 26 nitrogen and oxygen atoms in total. The maximum atomic E-state index is 12.7. The summed E-state index contributed by atoms with van der Waals surface area (Å²) < 4.78 is 36.9. The van der Waals surface area contributed by atoms with Gasteiger partial charge in [-0.1, -0.05) is 96.3 Å². The third-order valence-electron chi connectivity index (χ3n) is 23.1. The molecule has 12 heterocycles. The Bertz CT molecular complexity index is 6570. The third-order valence-corrected chi connectivity index (χ3v) is 23.8. The molecule has 7 amide bonds. The van der Waals surface area contributed by atoms with Gasteiger partial charge in [-0.2, -0.15) is 0 Å². The van der Waals surface area contributed by atoms with E-state index in [-0.39, 0.29) is 41.4 Å². The molecule has 6 aliphatic rings. The Morgan fingerprint density at radius 1 is 0.463 bits per heavy atom. The molecule has 1 unspecified atom stereocenters. The minimum atomic E-state index is -0.207. The maximum Gasteiger partial charge on any atom is 0.256 e. The normalized spacial score (nSPS) is 16.0. The van der Waals surface area contributed by atoms with Gasteiger partial charge in [0, 0.05) is 176 Å². The number of piperidine rings is 1. The predicted octanol–water partition coefficient (Wildman–Crippen LogP) is 19.8. The second kappa shape index (κ2) is 44.3. The number of benzene rings is 7. The van der Waals surface area contributed by atoms with Crippen LogP contribution in [-0.4, -0.2) is 170 Å². The SMILES string of the molecule is CC1CCCN(CCCNC(=O)c2cccc(-c3ccc(/C=C4/C(=O)Nc5ccc(Cl)cc54)o3)c2)C1.CN(C)CCCOc1ccc(-c2ccc(/C=C3/C(=O)Nc4ccccc43)o2)cn1.O=C1Nc2ccc(Cl)cc2/C1=C\c1ccc(-c2cccc(C(=O)NCCCN3CCOCC3)c2)o1.O=C1Nc2ccc(Cl)cc2/C1=C\c1ccc(-c2cccc(C(=O)NCCCn3ccnc3)c2)o1. The minimum absolute atomic E-state index is 0.0890. The van der Waals surface area contributed by atoms with Gasteiger partial charge in [-0.05, 0) is 254 Å². The molecule has 2 fully saturated rings. The number of nitrogens with zero attached hydrogens (tertiary/aromatic N) is 6. The number of anilines is 4.